The second-order valence-corrected chi connectivity index (χ2v) is 10.4. The van der Waals surface area contributed by atoms with Gasteiger partial charge >= 0.3 is 0 Å². The van der Waals surface area contributed by atoms with Crippen LogP contribution >= 0.6 is 0 Å². The molecule has 0 saturated carbocycles. The van der Waals surface area contributed by atoms with E-state index in [0.29, 0.717) is 37.6 Å². The maximum atomic E-state index is 14.2. The lowest BCUT2D eigenvalue weighted by Gasteiger charge is -2.29. The van der Waals surface area contributed by atoms with Crippen LogP contribution in [0.15, 0.2) is 120 Å². The molecule has 0 unspecified atom stereocenters. The van der Waals surface area contributed by atoms with Gasteiger partial charge in [-0.05, 0) is 53.1 Å². The zero-order chi connectivity index (χ0) is 30.6. The van der Waals surface area contributed by atoms with E-state index >= 15 is 0 Å². The van der Waals surface area contributed by atoms with Gasteiger partial charge in [-0.3, -0.25) is 10.2 Å². The number of hydrogen-bond donors (Lipinski definition) is 3. The van der Waals surface area contributed by atoms with E-state index in [9.17, 15) is 4.79 Å². The summed E-state index contributed by atoms with van der Waals surface area (Å²) in [6, 6.07) is 34.7. The monoisotopic (exact) mass is 591 g/mol. The minimum atomic E-state index is -1.30. The molecule has 0 saturated heterocycles. The van der Waals surface area contributed by atoms with Crippen molar-refractivity contribution < 1.29 is 24.1 Å². The number of methoxy groups -OCH3 is 1. The van der Waals surface area contributed by atoms with Crippen LogP contribution in [-0.2, 0) is 16.1 Å². The molecule has 3 N–H and O–H groups in total. The van der Waals surface area contributed by atoms with Gasteiger partial charge in [-0.1, -0.05) is 84.9 Å². The Morgan fingerprint density at radius 3 is 2.30 bits per heavy atom. The molecule has 2 atom stereocenters. The Balaban J connectivity index is 1.45. The van der Waals surface area contributed by atoms with Gasteiger partial charge in [0.2, 0.25) is 5.90 Å². The Kier molecular flexibility index (Phi) is 10.4. The maximum Gasteiger partial charge on any atom is 0.266 e. The highest BCUT2D eigenvalue weighted by Gasteiger charge is 2.52. The summed E-state index contributed by atoms with van der Waals surface area (Å²) in [6.07, 6.45) is 4.14. The normalized spacial score (nSPS) is 17.6. The van der Waals surface area contributed by atoms with Gasteiger partial charge < -0.3 is 19.3 Å². The zero-order valence-corrected chi connectivity index (χ0v) is 24.7. The maximum absolute atomic E-state index is 14.2. The number of aliphatic hydroxyl groups is 1. The van der Waals surface area contributed by atoms with Crippen LogP contribution in [0.2, 0.25) is 0 Å². The fourth-order valence-corrected chi connectivity index (χ4v) is 4.96. The molecule has 8 nitrogen and oxygen atoms in total. The topological polar surface area (TPSA) is 101 Å². The fraction of sp³-hybridized carbons (Fsp3) is 0.222. The van der Waals surface area contributed by atoms with Gasteiger partial charge in [0, 0.05) is 31.6 Å². The van der Waals surface area contributed by atoms with Crippen LogP contribution in [0.25, 0.3) is 6.08 Å². The molecule has 44 heavy (non-hydrogen) atoms. The third-order valence-corrected chi connectivity index (χ3v) is 7.32. The summed E-state index contributed by atoms with van der Waals surface area (Å²) in [6.45, 7) is 0.905. The lowest BCUT2D eigenvalue weighted by atomic mass is 9.84. The molecule has 1 heterocycles. The molecule has 1 amide bonds. The molecule has 1 aliphatic rings. The van der Waals surface area contributed by atoms with Crippen LogP contribution < -0.4 is 20.3 Å². The third kappa shape index (κ3) is 7.53. The lowest BCUT2D eigenvalue weighted by molar-refractivity contribution is -0.129. The first-order valence-electron chi connectivity index (χ1n) is 14.6. The smallest absolute Gasteiger partial charge is 0.266 e. The number of nitrogens with zero attached hydrogens (tertiary/aromatic N) is 1. The molecular weight excluding hydrogens is 554 g/mol. The van der Waals surface area contributed by atoms with Gasteiger partial charge in [0.1, 0.15) is 11.5 Å². The molecule has 0 bridgehead atoms. The van der Waals surface area contributed by atoms with E-state index in [4.69, 9.17) is 24.3 Å². The van der Waals surface area contributed by atoms with Gasteiger partial charge in [-0.2, -0.15) is 0 Å². The molecule has 5 rings (SSSR count). The summed E-state index contributed by atoms with van der Waals surface area (Å²) in [7, 11) is 1.63. The van der Waals surface area contributed by atoms with Gasteiger partial charge in [0.15, 0.2) is 11.6 Å². The molecule has 1 aliphatic heterocycles. The van der Waals surface area contributed by atoms with Crippen molar-refractivity contribution >= 4 is 17.9 Å². The third-order valence-electron chi connectivity index (χ3n) is 7.32. The zero-order valence-electron chi connectivity index (χ0n) is 24.7. The average Bonchev–Trinajstić information content (AvgIpc) is 3.47. The van der Waals surface area contributed by atoms with Crippen molar-refractivity contribution in [1.82, 2.24) is 10.9 Å². The van der Waals surface area contributed by atoms with E-state index in [1.165, 1.54) is 0 Å². The molecule has 0 aromatic heterocycles. The number of rotatable bonds is 14. The molecule has 4 aromatic rings. The minimum Gasteiger partial charge on any atom is -0.497 e. The second-order valence-electron chi connectivity index (χ2n) is 10.4. The van der Waals surface area contributed by atoms with Crippen molar-refractivity contribution in [1.29, 1.82) is 0 Å². The minimum absolute atomic E-state index is 0.0709. The Morgan fingerprint density at radius 2 is 1.61 bits per heavy atom. The first-order valence-corrected chi connectivity index (χ1v) is 14.6. The van der Waals surface area contributed by atoms with Crippen molar-refractivity contribution in [2.45, 2.75) is 31.0 Å². The van der Waals surface area contributed by atoms with E-state index < -0.39 is 11.6 Å². The van der Waals surface area contributed by atoms with Crippen molar-refractivity contribution in [3.63, 3.8) is 0 Å². The first-order chi connectivity index (χ1) is 21.6. The molecule has 0 radical (unpaired) electrons. The number of nitrogens with one attached hydrogen (secondary N) is 2. The Morgan fingerprint density at radius 1 is 0.932 bits per heavy atom. The summed E-state index contributed by atoms with van der Waals surface area (Å²) >= 11 is 0. The summed E-state index contributed by atoms with van der Waals surface area (Å²) in [5.74, 6) is 1.51. The van der Waals surface area contributed by atoms with Gasteiger partial charge in [-0.15, -0.1) is 0 Å². The molecule has 0 aliphatic carbocycles. The van der Waals surface area contributed by atoms with E-state index in [-0.39, 0.29) is 12.5 Å². The van der Waals surface area contributed by atoms with Crippen LogP contribution in [0.5, 0.6) is 11.5 Å². The predicted octanol–water partition coefficient (Wildman–Crippen LogP) is 5.64. The van der Waals surface area contributed by atoms with Crippen LogP contribution in [-0.4, -0.2) is 42.8 Å². The number of ether oxygens (including phenoxy) is 3. The van der Waals surface area contributed by atoms with Crippen LogP contribution in [0.4, 0.5) is 0 Å². The highest BCUT2D eigenvalue weighted by atomic mass is 16.5. The highest BCUT2D eigenvalue weighted by molar-refractivity contribution is 6.01. The number of carbonyl (C=O) groups is 1. The number of amides is 1. The van der Waals surface area contributed by atoms with Gasteiger partial charge in [0.25, 0.3) is 5.91 Å². The Hall–Kier alpha value is -4.92. The summed E-state index contributed by atoms with van der Waals surface area (Å²) in [4.78, 5) is 19.2. The van der Waals surface area contributed by atoms with Crippen LogP contribution in [0.3, 0.4) is 0 Å². The molecule has 226 valence electrons. The molecule has 0 fully saturated rings. The largest absolute Gasteiger partial charge is 0.497 e. The quantitative estimate of drug-likeness (QED) is 0.130. The second kappa shape index (κ2) is 15.0. The Labute approximate surface area is 258 Å². The summed E-state index contributed by atoms with van der Waals surface area (Å²) in [5, 5.41) is 9.04. The van der Waals surface area contributed by atoms with Crippen molar-refractivity contribution in [2.24, 2.45) is 4.99 Å². The molecule has 8 heteroatoms. The van der Waals surface area contributed by atoms with E-state index in [1.807, 2.05) is 121 Å². The fourth-order valence-electron chi connectivity index (χ4n) is 4.96. The Bertz CT molecular complexity index is 1540. The molecule has 0 spiro atoms. The molecule has 4 aromatic carbocycles. The first kappa shape index (κ1) is 30.5. The average molecular weight is 592 g/mol. The predicted molar refractivity (Wildman–Crippen MR) is 171 cm³/mol. The van der Waals surface area contributed by atoms with Gasteiger partial charge in [0.05, 0.1) is 13.7 Å². The summed E-state index contributed by atoms with van der Waals surface area (Å²) in [5.41, 5.74) is 8.28. The standard InChI is InChI=1S/C36H37N3O5/c1-42-31-19-15-28(16-20-31)26-37-39-35(41)36(23-8-12-27-10-4-2-5-11-27)33(29-13-6-3-7-14-29)44-34(38-36)30-17-21-32(22-18-30)43-25-9-24-40/h2-8,10-22,33,37,40H,9,23-26H2,1H3,(H,39,41)/b12-8+/t33-,36-/m0/s1. The number of aliphatic imine (C=N–C) groups is 1. The summed E-state index contributed by atoms with van der Waals surface area (Å²) < 4.78 is 17.5. The lowest BCUT2D eigenvalue weighted by Crippen LogP contribution is -2.52. The van der Waals surface area contributed by atoms with Crippen LogP contribution in [0.1, 0.15) is 41.2 Å². The number of hydrazine groups is 1. The number of benzene rings is 4. The van der Waals surface area contributed by atoms with E-state index in [0.717, 1.165) is 28.0 Å². The number of hydrogen-bond acceptors (Lipinski definition) is 7. The van der Waals surface area contributed by atoms with E-state index in [2.05, 4.69) is 10.9 Å². The van der Waals surface area contributed by atoms with Gasteiger partial charge in [-0.25, -0.2) is 10.4 Å². The molecular formula is C36H37N3O5. The number of aliphatic hydroxyl groups excluding tert-OH is 1. The van der Waals surface area contributed by atoms with Crippen molar-refractivity contribution in [2.75, 3.05) is 20.3 Å². The van der Waals surface area contributed by atoms with Crippen molar-refractivity contribution in [3.05, 3.63) is 138 Å². The number of carbonyl (C=O) groups excluding carboxylic acids is 1. The van der Waals surface area contributed by atoms with Crippen molar-refractivity contribution in [3.8, 4) is 11.5 Å². The van der Waals surface area contributed by atoms with E-state index in [1.54, 1.807) is 7.11 Å². The van der Waals surface area contributed by atoms with Crippen LogP contribution in [0, 0.1) is 0 Å². The SMILES string of the molecule is COc1ccc(CNNC(=O)[C@@]2(C/C=C/c3ccccc3)N=C(c3ccc(OCCCO)cc3)O[C@H]2c2ccccc2)cc1. The highest BCUT2D eigenvalue weighted by Crippen LogP contribution is 2.43.